The van der Waals surface area contributed by atoms with Crippen LogP contribution in [0.25, 0.3) is 0 Å². The molecule has 212 valence electrons. The Bertz CT molecular complexity index is 1070. The van der Waals surface area contributed by atoms with Gasteiger partial charge in [-0.05, 0) is 38.0 Å². The molecule has 3 amide bonds. The second kappa shape index (κ2) is 17.9. The fraction of sp³-hybridized carbons (Fsp3) is 0.500. The van der Waals surface area contributed by atoms with E-state index >= 15 is 0 Å². The number of esters is 1. The Morgan fingerprint density at radius 2 is 1.87 bits per heavy atom. The summed E-state index contributed by atoms with van der Waals surface area (Å²) < 4.78 is 5.42. The van der Waals surface area contributed by atoms with Crippen LogP contribution in [0.5, 0.6) is 0 Å². The third-order valence-corrected chi connectivity index (χ3v) is 6.70. The van der Waals surface area contributed by atoms with E-state index in [1.54, 1.807) is 31.2 Å². The zero-order valence-electron chi connectivity index (χ0n) is 22.6. The molecule has 1 aliphatic heterocycles. The number of pyridine rings is 1. The van der Waals surface area contributed by atoms with Gasteiger partial charge in [-0.1, -0.05) is 62.6 Å². The number of carbonyl (C=O) groups excluding carboxylic acids is 5. The van der Waals surface area contributed by atoms with Crippen LogP contribution in [0.4, 0.5) is 0 Å². The van der Waals surface area contributed by atoms with Crippen LogP contribution < -0.4 is 16.0 Å². The number of amides is 3. The number of allylic oxidation sites excluding steroid dienone is 2. The molecule has 0 unspecified atom stereocenters. The molecular weight excluding hydrogens is 520 g/mol. The Morgan fingerprint density at radius 1 is 1.08 bits per heavy atom. The number of unbranched alkanes of at least 4 members (excludes halogenated alkanes) is 4. The number of ether oxygens (including phenoxy) is 1. The highest BCUT2D eigenvalue weighted by molar-refractivity contribution is 8.13. The van der Waals surface area contributed by atoms with E-state index in [1.165, 1.54) is 36.7 Å². The lowest BCUT2D eigenvalue weighted by atomic mass is 10.1. The van der Waals surface area contributed by atoms with Crippen molar-refractivity contribution >= 4 is 40.6 Å². The average molecular weight is 559 g/mol. The molecular formula is C28H38N4O6S. The Balaban J connectivity index is 1.98. The van der Waals surface area contributed by atoms with Gasteiger partial charge in [-0.25, -0.2) is 4.98 Å². The zero-order chi connectivity index (χ0) is 28.5. The van der Waals surface area contributed by atoms with Gasteiger partial charge in [0, 0.05) is 12.2 Å². The van der Waals surface area contributed by atoms with E-state index in [4.69, 9.17) is 4.74 Å². The Hall–Kier alpha value is -3.47. The van der Waals surface area contributed by atoms with Crippen molar-refractivity contribution in [3.05, 3.63) is 53.5 Å². The molecule has 1 aliphatic rings. The van der Waals surface area contributed by atoms with Gasteiger partial charge in [0.05, 0.1) is 18.7 Å². The minimum Gasteiger partial charge on any atom is -0.456 e. The molecule has 39 heavy (non-hydrogen) atoms. The first-order valence-corrected chi connectivity index (χ1v) is 14.3. The van der Waals surface area contributed by atoms with E-state index in [1.807, 2.05) is 0 Å². The van der Waals surface area contributed by atoms with Crippen LogP contribution >= 0.6 is 11.8 Å². The lowest BCUT2D eigenvalue weighted by Gasteiger charge is -2.16. The maximum atomic E-state index is 12.6. The number of hydrogen-bond donors (Lipinski definition) is 3. The number of nitrogens with one attached hydrogen (secondary N) is 3. The Kier molecular flexibility index (Phi) is 14.6. The summed E-state index contributed by atoms with van der Waals surface area (Å²) in [4.78, 5) is 66.2. The second-order valence-corrected chi connectivity index (χ2v) is 10.1. The van der Waals surface area contributed by atoms with Gasteiger partial charge in [0.15, 0.2) is 5.12 Å². The molecule has 10 nitrogen and oxygen atoms in total. The van der Waals surface area contributed by atoms with Gasteiger partial charge in [0.2, 0.25) is 5.91 Å². The van der Waals surface area contributed by atoms with Crippen LogP contribution in [0, 0.1) is 0 Å². The number of aromatic nitrogens is 1. The van der Waals surface area contributed by atoms with Crippen molar-refractivity contribution in [3.63, 3.8) is 0 Å². The number of rotatable bonds is 10. The van der Waals surface area contributed by atoms with E-state index in [0.29, 0.717) is 24.3 Å². The molecule has 0 spiro atoms. The number of hydrogen-bond acceptors (Lipinski definition) is 8. The normalized spacial score (nSPS) is 18.4. The smallest absolute Gasteiger partial charge is 0.326 e. The molecule has 2 rings (SSSR count). The fourth-order valence-corrected chi connectivity index (χ4v) is 4.41. The van der Waals surface area contributed by atoms with Crippen molar-refractivity contribution in [2.75, 3.05) is 12.3 Å². The van der Waals surface area contributed by atoms with Crippen LogP contribution in [-0.2, 0) is 30.5 Å². The molecule has 0 saturated heterocycles. The summed E-state index contributed by atoms with van der Waals surface area (Å²) in [6.07, 6.45) is 10.5. The second-order valence-electron chi connectivity index (χ2n) is 8.96. The van der Waals surface area contributed by atoms with E-state index in [9.17, 15) is 24.0 Å². The van der Waals surface area contributed by atoms with Crippen molar-refractivity contribution in [2.45, 2.75) is 77.9 Å². The molecule has 2 heterocycles. The molecule has 3 N–H and O–H groups in total. The van der Waals surface area contributed by atoms with Crippen molar-refractivity contribution in [2.24, 2.45) is 0 Å². The molecule has 2 bridgehead atoms. The van der Waals surface area contributed by atoms with Crippen LogP contribution in [0.2, 0.25) is 0 Å². The van der Waals surface area contributed by atoms with Gasteiger partial charge in [0.1, 0.15) is 24.0 Å². The van der Waals surface area contributed by atoms with Gasteiger partial charge in [-0.15, -0.1) is 0 Å². The monoisotopic (exact) mass is 558 g/mol. The van der Waals surface area contributed by atoms with Crippen LogP contribution in [0.3, 0.4) is 0 Å². The minimum atomic E-state index is -0.859. The number of fused-ring (bicyclic) bond motifs is 2. The summed E-state index contributed by atoms with van der Waals surface area (Å²) in [5.74, 6) is -1.79. The molecule has 0 fully saturated rings. The van der Waals surface area contributed by atoms with E-state index in [2.05, 4.69) is 27.9 Å². The Labute approximate surface area is 233 Å². The summed E-state index contributed by atoms with van der Waals surface area (Å²) in [5, 5.41) is 7.77. The number of thioether (sulfide) groups is 1. The average Bonchev–Trinajstić information content (AvgIpc) is 2.92. The van der Waals surface area contributed by atoms with Gasteiger partial charge in [-0.3, -0.25) is 24.0 Å². The van der Waals surface area contributed by atoms with Crippen molar-refractivity contribution in [1.29, 1.82) is 0 Å². The fourth-order valence-electron chi connectivity index (χ4n) is 3.64. The topological polar surface area (TPSA) is 144 Å². The van der Waals surface area contributed by atoms with Crippen LogP contribution in [0.1, 0.15) is 81.4 Å². The zero-order valence-corrected chi connectivity index (χ0v) is 23.4. The predicted molar refractivity (Wildman–Crippen MR) is 149 cm³/mol. The van der Waals surface area contributed by atoms with Crippen molar-refractivity contribution in [1.82, 2.24) is 20.9 Å². The highest BCUT2D eigenvalue weighted by atomic mass is 32.2. The van der Waals surface area contributed by atoms with Crippen molar-refractivity contribution < 1.29 is 28.7 Å². The summed E-state index contributed by atoms with van der Waals surface area (Å²) in [6.45, 7) is 3.35. The lowest BCUT2D eigenvalue weighted by molar-refractivity contribution is -0.147. The third-order valence-electron chi connectivity index (χ3n) is 5.73. The summed E-state index contributed by atoms with van der Waals surface area (Å²) in [5.41, 5.74) is 0.490. The van der Waals surface area contributed by atoms with Crippen molar-refractivity contribution in [3.8, 4) is 0 Å². The van der Waals surface area contributed by atoms with E-state index < -0.39 is 30.4 Å². The molecule has 11 heteroatoms. The third kappa shape index (κ3) is 12.8. The first-order chi connectivity index (χ1) is 18.8. The Morgan fingerprint density at radius 3 is 2.64 bits per heavy atom. The lowest BCUT2D eigenvalue weighted by Crippen LogP contribution is -2.39. The van der Waals surface area contributed by atoms with Gasteiger partial charge < -0.3 is 20.7 Å². The largest absolute Gasteiger partial charge is 0.456 e. The first kappa shape index (κ1) is 31.7. The van der Waals surface area contributed by atoms with E-state index in [0.717, 1.165) is 19.3 Å². The minimum absolute atomic E-state index is 0.0372. The maximum Gasteiger partial charge on any atom is 0.326 e. The molecule has 0 aromatic carbocycles. The first-order valence-electron chi connectivity index (χ1n) is 13.3. The van der Waals surface area contributed by atoms with Crippen LogP contribution in [-0.4, -0.2) is 52.2 Å². The summed E-state index contributed by atoms with van der Waals surface area (Å²) in [7, 11) is 0. The molecule has 1 atom stereocenters. The molecule has 0 aliphatic carbocycles. The molecule has 0 radical (unpaired) electrons. The van der Waals surface area contributed by atoms with Crippen LogP contribution in [0.15, 0.2) is 42.1 Å². The number of nitrogens with zero attached hydrogens (tertiary/aromatic N) is 1. The van der Waals surface area contributed by atoms with Gasteiger partial charge in [-0.2, -0.15) is 0 Å². The molecule has 1 aromatic rings. The quantitative estimate of drug-likeness (QED) is 0.172. The SMILES string of the molecule is C/C=C1\NC(=O)c2cccc(n2)CNC(=O)C[C@@H](/C=C/CCSC(=O)CCCCCCC)OC(=O)CNC1=O. The highest BCUT2D eigenvalue weighted by Crippen LogP contribution is 2.13. The highest BCUT2D eigenvalue weighted by Gasteiger charge is 2.20. The molecule has 0 saturated carbocycles. The van der Waals surface area contributed by atoms with Gasteiger partial charge in [0.25, 0.3) is 11.8 Å². The van der Waals surface area contributed by atoms with Gasteiger partial charge >= 0.3 is 5.97 Å². The van der Waals surface area contributed by atoms with E-state index in [-0.39, 0.29) is 35.4 Å². The summed E-state index contributed by atoms with van der Waals surface area (Å²) in [6, 6.07) is 4.78. The predicted octanol–water partition coefficient (Wildman–Crippen LogP) is 3.33. The molecule has 1 aromatic heterocycles. The maximum absolute atomic E-state index is 12.6. The number of carbonyl (C=O) groups is 5. The number of cyclic esters (lactones) is 1. The summed E-state index contributed by atoms with van der Waals surface area (Å²) >= 11 is 1.28. The standard InChI is InChI=1S/C28H38N4O6S/c1-3-5-6-7-8-15-26(35)39-16-10-9-13-21-17-24(33)29-18-20-12-11-14-23(31-20)28(37)32-22(4-2)27(36)30-19-25(34)38-21/h4,9,11-14,21H,3,5-8,10,15-19H2,1-2H3,(H,29,33)(H,30,36)(H,32,37)/b13-9+,22-4-/t21-/m1/s1.